The Morgan fingerprint density at radius 2 is 1.73 bits per heavy atom. The van der Waals surface area contributed by atoms with E-state index in [0.29, 0.717) is 24.5 Å². The van der Waals surface area contributed by atoms with Crippen molar-refractivity contribution in [3.8, 4) is 5.75 Å². The van der Waals surface area contributed by atoms with Gasteiger partial charge in [0.15, 0.2) is 0 Å². The van der Waals surface area contributed by atoms with Gasteiger partial charge in [0.05, 0.1) is 31.4 Å². The van der Waals surface area contributed by atoms with E-state index < -0.39 is 17.7 Å². The van der Waals surface area contributed by atoms with Gasteiger partial charge in [0.1, 0.15) is 31.2 Å². The third kappa shape index (κ3) is 6.11. The van der Waals surface area contributed by atoms with Crippen LogP contribution in [0.25, 0.3) is 5.76 Å². The minimum atomic E-state index is -0.649. The van der Waals surface area contributed by atoms with Gasteiger partial charge in [-0.05, 0) is 48.7 Å². The highest BCUT2D eigenvalue weighted by atomic mass is 16.5. The molecule has 5 rings (SSSR count). The molecule has 1 amide bonds. The Kier molecular flexibility index (Phi) is 8.63. The fraction of sp³-hybridized carbons (Fsp3) is 0.333. The number of amides is 1. The van der Waals surface area contributed by atoms with Crippen molar-refractivity contribution in [2.24, 2.45) is 0 Å². The molecular formula is C33H37N2O5+. The van der Waals surface area contributed by atoms with E-state index in [-0.39, 0.29) is 11.3 Å². The zero-order valence-corrected chi connectivity index (χ0v) is 23.2. The number of likely N-dealkylation sites (tertiary alicyclic amines) is 1. The van der Waals surface area contributed by atoms with Gasteiger partial charge in [-0.25, -0.2) is 0 Å². The number of rotatable bonds is 9. The van der Waals surface area contributed by atoms with Crippen LogP contribution < -0.4 is 9.64 Å². The number of Topliss-reactive ketones (excluding diaryl/α,β-unsaturated/α-hetero) is 1. The molecule has 3 aromatic rings. The molecule has 2 aliphatic heterocycles. The van der Waals surface area contributed by atoms with E-state index >= 15 is 0 Å². The molecule has 2 fully saturated rings. The molecule has 7 heteroatoms. The molecule has 2 heterocycles. The zero-order valence-electron chi connectivity index (χ0n) is 23.2. The summed E-state index contributed by atoms with van der Waals surface area (Å²) in [5.74, 6) is -0.683. The van der Waals surface area contributed by atoms with Crippen molar-refractivity contribution in [1.82, 2.24) is 4.90 Å². The van der Waals surface area contributed by atoms with Crippen molar-refractivity contribution in [3.63, 3.8) is 0 Å². The molecule has 2 aliphatic rings. The number of aliphatic hydroxyl groups excluding tert-OH is 1. The van der Waals surface area contributed by atoms with Crippen LogP contribution in [0, 0.1) is 13.8 Å². The first-order chi connectivity index (χ1) is 19.4. The van der Waals surface area contributed by atoms with Crippen molar-refractivity contribution in [1.29, 1.82) is 0 Å². The highest BCUT2D eigenvalue weighted by Gasteiger charge is 2.46. The van der Waals surface area contributed by atoms with E-state index in [4.69, 9.17) is 9.47 Å². The van der Waals surface area contributed by atoms with E-state index in [1.807, 2.05) is 68.4 Å². The molecule has 0 unspecified atom stereocenters. The molecule has 0 spiro atoms. The highest BCUT2D eigenvalue weighted by Crippen LogP contribution is 2.40. The molecule has 0 aromatic heterocycles. The van der Waals surface area contributed by atoms with Crippen LogP contribution in [0.5, 0.6) is 5.75 Å². The summed E-state index contributed by atoms with van der Waals surface area (Å²) >= 11 is 0. The van der Waals surface area contributed by atoms with Crippen molar-refractivity contribution < 1.29 is 29.1 Å². The molecule has 0 saturated carbocycles. The predicted molar refractivity (Wildman–Crippen MR) is 153 cm³/mol. The summed E-state index contributed by atoms with van der Waals surface area (Å²) in [4.78, 5) is 29.8. The number of ketones is 1. The van der Waals surface area contributed by atoms with E-state index in [1.54, 1.807) is 23.1 Å². The maximum Gasteiger partial charge on any atom is 0.295 e. The Labute approximate surface area is 235 Å². The van der Waals surface area contributed by atoms with Crippen LogP contribution in [0.15, 0.2) is 78.4 Å². The maximum atomic E-state index is 13.4. The van der Waals surface area contributed by atoms with Crippen LogP contribution in [-0.4, -0.2) is 61.1 Å². The minimum absolute atomic E-state index is 0.130. The molecule has 1 atom stereocenters. The van der Waals surface area contributed by atoms with E-state index in [2.05, 4.69) is 0 Å². The summed E-state index contributed by atoms with van der Waals surface area (Å²) in [6.07, 6.45) is 0.761. The molecule has 7 nitrogen and oxygen atoms in total. The zero-order chi connectivity index (χ0) is 28.1. The fourth-order valence-corrected chi connectivity index (χ4v) is 5.46. The van der Waals surface area contributed by atoms with Crippen LogP contribution >= 0.6 is 0 Å². The average Bonchev–Trinajstić information content (AvgIpc) is 3.22. The lowest BCUT2D eigenvalue weighted by Crippen LogP contribution is -3.14. The summed E-state index contributed by atoms with van der Waals surface area (Å²) in [6.45, 7) is 9.06. The fourth-order valence-electron chi connectivity index (χ4n) is 5.46. The van der Waals surface area contributed by atoms with Gasteiger partial charge in [0.25, 0.3) is 11.7 Å². The number of morpholine rings is 1. The van der Waals surface area contributed by atoms with Gasteiger partial charge >= 0.3 is 0 Å². The Morgan fingerprint density at radius 1 is 1.00 bits per heavy atom. The highest BCUT2D eigenvalue weighted by molar-refractivity contribution is 6.46. The number of benzene rings is 3. The molecule has 0 bridgehead atoms. The molecule has 0 radical (unpaired) electrons. The van der Waals surface area contributed by atoms with Crippen LogP contribution in [0.2, 0.25) is 0 Å². The number of carbonyl (C=O) groups is 2. The Hall–Kier alpha value is -3.94. The molecular weight excluding hydrogens is 504 g/mol. The lowest BCUT2D eigenvalue weighted by molar-refractivity contribution is -0.908. The van der Waals surface area contributed by atoms with Gasteiger partial charge in [-0.1, -0.05) is 60.2 Å². The molecule has 2 saturated heterocycles. The Balaban J connectivity index is 1.41. The van der Waals surface area contributed by atoms with E-state index in [1.165, 1.54) is 4.90 Å². The normalized spacial score (nSPS) is 19.2. The average molecular weight is 542 g/mol. The van der Waals surface area contributed by atoms with Gasteiger partial charge < -0.3 is 24.4 Å². The monoisotopic (exact) mass is 541 g/mol. The third-order valence-corrected chi connectivity index (χ3v) is 7.75. The number of nitrogens with one attached hydrogen (secondary N) is 1. The quantitative estimate of drug-likeness (QED) is 0.246. The maximum absolute atomic E-state index is 13.4. The lowest BCUT2D eigenvalue weighted by Gasteiger charge is -2.27. The van der Waals surface area contributed by atoms with E-state index in [9.17, 15) is 14.7 Å². The van der Waals surface area contributed by atoms with E-state index in [0.717, 1.165) is 61.5 Å². The number of hydrogen-bond acceptors (Lipinski definition) is 5. The first-order valence-electron chi connectivity index (χ1n) is 14.0. The Bertz CT molecular complexity index is 1380. The van der Waals surface area contributed by atoms with Crippen molar-refractivity contribution >= 4 is 17.4 Å². The number of ether oxygens (including phenoxy) is 2. The summed E-state index contributed by atoms with van der Waals surface area (Å²) < 4.78 is 11.5. The second-order valence-corrected chi connectivity index (χ2v) is 10.6. The second-order valence-electron chi connectivity index (χ2n) is 10.6. The van der Waals surface area contributed by atoms with Crippen molar-refractivity contribution in [3.05, 3.63) is 106 Å². The van der Waals surface area contributed by atoms with Gasteiger partial charge in [0.2, 0.25) is 0 Å². The first kappa shape index (κ1) is 27.6. The SMILES string of the molecule is Cc1ccc([C@@H]2C(=C(O)c3ccc(OCc4ccccc4)c(C)c3)C(=O)C(=O)N2CCC[NH+]2CCOCC2)cc1. The first-order valence-corrected chi connectivity index (χ1v) is 14.0. The molecule has 2 N–H and O–H groups in total. The lowest BCUT2D eigenvalue weighted by atomic mass is 9.94. The number of hydrogen-bond donors (Lipinski definition) is 2. The number of nitrogens with zero attached hydrogens (tertiary/aromatic N) is 1. The molecule has 3 aromatic carbocycles. The number of carbonyl (C=O) groups excluding carboxylic acids is 2. The largest absolute Gasteiger partial charge is 0.507 e. The van der Waals surface area contributed by atoms with Crippen LogP contribution in [0.3, 0.4) is 0 Å². The van der Waals surface area contributed by atoms with Crippen molar-refractivity contribution in [2.45, 2.75) is 32.9 Å². The molecule has 0 aliphatic carbocycles. The van der Waals surface area contributed by atoms with Crippen LogP contribution in [-0.2, 0) is 20.9 Å². The summed E-state index contributed by atoms with van der Waals surface area (Å²) in [5, 5.41) is 11.5. The summed E-state index contributed by atoms with van der Waals surface area (Å²) in [6, 6.07) is 22.4. The summed E-state index contributed by atoms with van der Waals surface area (Å²) in [7, 11) is 0. The molecule has 208 valence electrons. The third-order valence-electron chi connectivity index (χ3n) is 7.75. The molecule has 40 heavy (non-hydrogen) atoms. The minimum Gasteiger partial charge on any atom is -0.507 e. The van der Waals surface area contributed by atoms with Gasteiger partial charge in [-0.15, -0.1) is 0 Å². The predicted octanol–water partition coefficient (Wildman–Crippen LogP) is 3.61. The van der Waals surface area contributed by atoms with Crippen LogP contribution in [0.1, 0.15) is 40.3 Å². The van der Waals surface area contributed by atoms with Crippen LogP contribution in [0.4, 0.5) is 0 Å². The number of quaternary nitrogens is 1. The van der Waals surface area contributed by atoms with Gasteiger partial charge in [0, 0.05) is 18.5 Å². The van der Waals surface area contributed by atoms with Gasteiger partial charge in [-0.2, -0.15) is 0 Å². The smallest absolute Gasteiger partial charge is 0.295 e. The topological polar surface area (TPSA) is 80.5 Å². The summed E-state index contributed by atoms with van der Waals surface area (Å²) in [5.41, 5.74) is 4.39. The number of aryl methyl sites for hydroxylation is 2. The number of aliphatic hydroxyl groups is 1. The standard InChI is InChI=1S/C33H36N2O5/c1-23-9-11-26(12-10-23)30-29(32(37)33(38)35(30)16-6-15-34-17-19-39-20-18-34)31(36)27-13-14-28(24(2)21-27)40-22-25-7-4-3-5-8-25/h3-5,7-14,21,30,36H,6,15-20,22H2,1-2H3/p+1/t30-/m1/s1. The second kappa shape index (κ2) is 12.5. The van der Waals surface area contributed by atoms with Gasteiger partial charge in [-0.3, -0.25) is 9.59 Å². The Morgan fingerprint density at radius 3 is 2.42 bits per heavy atom. The van der Waals surface area contributed by atoms with Crippen molar-refractivity contribution in [2.75, 3.05) is 39.4 Å².